The van der Waals surface area contributed by atoms with E-state index in [4.69, 9.17) is 9.47 Å². The van der Waals surface area contributed by atoms with Gasteiger partial charge in [-0.25, -0.2) is 0 Å². The van der Waals surface area contributed by atoms with E-state index in [9.17, 15) is 0 Å². The zero-order valence-corrected chi connectivity index (χ0v) is 7.16. The molecule has 1 saturated heterocycles. The van der Waals surface area contributed by atoms with Crippen LogP contribution >= 0.6 is 0 Å². The van der Waals surface area contributed by atoms with E-state index in [0.717, 1.165) is 12.8 Å². The third-order valence-corrected chi connectivity index (χ3v) is 1.78. The topological polar surface area (TPSA) is 18.5 Å². The number of hydrogen-bond donors (Lipinski definition) is 0. The smallest absolute Gasteiger partial charge is 0.272 e. The lowest BCUT2D eigenvalue weighted by atomic mass is 10.1. The Kier molecular flexibility index (Phi) is 2.97. The standard InChI is InChI=1S/C10H14O2/c1-4-6-9-10(7-5-2)12-8(3)11-9/h4-5,9-10H,1-3,6-7H2. The van der Waals surface area contributed by atoms with Crippen molar-refractivity contribution < 1.29 is 9.47 Å². The second kappa shape index (κ2) is 4.00. The summed E-state index contributed by atoms with van der Waals surface area (Å²) in [6, 6.07) is 0. The first kappa shape index (κ1) is 8.91. The lowest BCUT2D eigenvalue weighted by Gasteiger charge is -2.11. The molecular weight excluding hydrogens is 152 g/mol. The van der Waals surface area contributed by atoms with Gasteiger partial charge in [-0.1, -0.05) is 12.2 Å². The maximum absolute atomic E-state index is 5.33. The fourth-order valence-corrected chi connectivity index (χ4v) is 1.25. The first-order chi connectivity index (χ1) is 5.77. The lowest BCUT2D eigenvalue weighted by Crippen LogP contribution is -2.20. The predicted octanol–water partition coefficient (Wildman–Crippen LogP) is 2.39. The van der Waals surface area contributed by atoms with Crippen LogP contribution < -0.4 is 0 Å². The van der Waals surface area contributed by atoms with E-state index in [1.807, 2.05) is 12.2 Å². The summed E-state index contributed by atoms with van der Waals surface area (Å²) in [4.78, 5) is 0. The van der Waals surface area contributed by atoms with Crippen molar-refractivity contribution in [2.45, 2.75) is 25.0 Å². The van der Waals surface area contributed by atoms with Gasteiger partial charge in [0.1, 0.15) is 12.2 Å². The SMILES string of the molecule is C=CCC1OC(=C)OC1CC=C. The molecule has 2 unspecified atom stereocenters. The molecule has 2 heteroatoms. The van der Waals surface area contributed by atoms with Gasteiger partial charge in [0.15, 0.2) is 0 Å². The van der Waals surface area contributed by atoms with Gasteiger partial charge in [0.2, 0.25) is 0 Å². The number of rotatable bonds is 4. The molecule has 0 bridgehead atoms. The molecule has 12 heavy (non-hydrogen) atoms. The summed E-state index contributed by atoms with van der Waals surface area (Å²) in [7, 11) is 0. The molecule has 1 rings (SSSR count). The van der Waals surface area contributed by atoms with E-state index in [1.165, 1.54) is 0 Å². The van der Waals surface area contributed by atoms with Gasteiger partial charge in [-0.3, -0.25) is 0 Å². The summed E-state index contributed by atoms with van der Waals surface area (Å²) in [5.74, 6) is 0.411. The van der Waals surface area contributed by atoms with Crippen molar-refractivity contribution in [1.82, 2.24) is 0 Å². The third-order valence-electron chi connectivity index (χ3n) is 1.78. The minimum absolute atomic E-state index is 0.0630. The largest absolute Gasteiger partial charge is 0.458 e. The van der Waals surface area contributed by atoms with Gasteiger partial charge in [-0.15, -0.1) is 13.2 Å². The maximum atomic E-state index is 5.33. The summed E-state index contributed by atoms with van der Waals surface area (Å²) in [5.41, 5.74) is 0. The molecule has 0 spiro atoms. The Morgan fingerprint density at radius 1 is 1.08 bits per heavy atom. The molecule has 0 saturated carbocycles. The highest BCUT2D eigenvalue weighted by Crippen LogP contribution is 2.25. The second-order valence-electron chi connectivity index (χ2n) is 2.73. The zero-order valence-electron chi connectivity index (χ0n) is 7.16. The summed E-state index contributed by atoms with van der Waals surface area (Å²) >= 11 is 0. The molecule has 1 aliphatic heterocycles. The van der Waals surface area contributed by atoms with Crippen molar-refractivity contribution >= 4 is 0 Å². The molecule has 1 fully saturated rings. The minimum Gasteiger partial charge on any atom is -0.458 e. The van der Waals surface area contributed by atoms with E-state index < -0.39 is 0 Å². The minimum atomic E-state index is 0.0630. The normalized spacial score (nSPS) is 27.5. The van der Waals surface area contributed by atoms with Crippen molar-refractivity contribution in [2.75, 3.05) is 0 Å². The fourth-order valence-electron chi connectivity index (χ4n) is 1.25. The van der Waals surface area contributed by atoms with E-state index in [0.29, 0.717) is 5.95 Å². The van der Waals surface area contributed by atoms with Gasteiger partial charge in [-0.2, -0.15) is 0 Å². The zero-order chi connectivity index (χ0) is 8.97. The van der Waals surface area contributed by atoms with Crippen molar-refractivity contribution in [3.8, 4) is 0 Å². The van der Waals surface area contributed by atoms with E-state index in [2.05, 4.69) is 19.7 Å². The Hall–Kier alpha value is -1.18. The van der Waals surface area contributed by atoms with Crippen LogP contribution in [0.25, 0.3) is 0 Å². The Morgan fingerprint density at radius 3 is 1.83 bits per heavy atom. The summed E-state index contributed by atoms with van der Waals surface area (Å²) < 4.78 is 10.7. The van der Waals surface area contributed by atoms with Gasteiger partial charge >= 0.3 is 0 Å². The molecule has 1 aliphatic rings. The Labute approximate surface area is 73.2 Å². The maximum Gasteiger partial charge on any atom is 0.272 e. The van der Waals surface area contributed by atoms with Gasteiger partial charge in [0.05, 0.1) is 0 Å². The van der Waals surface area contributed by atoms with Gasteiger partial charge in [0.25, 0.3) is 5.95 Å². The van der Waals surface area contributed by atoms with Crippen LogP contribution in [-0.4, -0.2) is 12.2 Å². The summed E-state index contributed by atoms with van der Waals surface area (Å²) in [6.45, 7) is 10.9. The van der Waals surface area contributed by atoms with Crippen molar-refractivity contribution in [3.63, 3.8) is 0 Å². The van der Waals surface area contributed by atoms with Gasteiger partial charge in [-0.05, 0) is 6.58 Å². The molecule has 0 aliphatic carbocycles. The Bertz CT molecular complexity index is 176. The molecule has 0 aromatic carbocycles. The third kappa shape index (κ3) is 1.91. The quantitative estimate of drug-likeness (QED) is 0.597. The molecule has 2 nitrogen and oxygen atoms in total. The van der Waals surface area contributed by atoms with E-state index in [-0.39, 0.29) is 12.2 Å². The molecule has 0 amide bonds. The first-order valence-corrected chi connectivity index (χ1v) is 4.02. The van der Waals surface area contributed by atoms with Crippen molar-refractivity contribution in [1.29, 1.82) is 0 Å². The lowest BCUT2D eigenvalue weighted by molar-refractivity contribution is 0.143. The first-order valence-electron chi connectivity index (χ1n) is 4.02. The summed E-state index contributed by atoms with van der Waals surface area (Å²) in [5, 5.41) is 0. The average molecular weight is 166 g/mol. The highest BCUT2D eigenvalue weighted by atomic mass is 16.7. The van der Waals surface area contributed by atoms with Crippen LogP contribution in [0.3, 0.4) is 0 Å². The average Bonchev–Trinajstić information content (AvgIpc) is 2.33. The van der Waals surface area contributed by atoms with Crippen molar-refractivity contribution in [2.24, 2.45) is 0 Å². The van der Waals surface area contributed by atoms with E-state index >= 15 is 0 Å². The number of ether oxygens (including phenoxy) is 2. The van der Waals surface area contributed by atoms with Gasteiger partial charge in [0, 0.05) is 12.8 Å². The molecule has 0 aromatic rings. The van der Waals surface area contributed by atoms with Crippen LogP contribution in [0.15, 0.2) is 37.8 Å². The molecular formula is C10H14O2. The summed E-state index contributed by atoms with van der Waals surface area (Å²) in [6.07, 6.45) is 5.35. The molecule has 1 heterocycles. The second-order valence-corrected chi connectivity index (χ2v) is 2.73. The van der Waals surface area contributed by atoms with E-state index in [1.54, 1.807) is 0 Å². The fraction of sp³-hybridized carbons (Fsp3) is 0.400. The monoisotopic (exact) mass is 166 g/mol. The van der Waals surface area contributed by atoms with Crippen LogP contribution in [0.5, 0.6) is 0 Å². The molecule has 0 aromatic heterocycles. The molecule has 66 valence electrons. The van der Waals surface area contributed by atoms with Crippen LogP contribution in [0.4, 0.5) is 0 Å². The highest BCUT2D eigenvalue weighted by molar-refractivity contribution is 4.93. The molecule has 2 atom stereocenters. The Morgan fingerprint density at radius 2 is 1.50 bits per heavy atom. The van der Waals surface area contributed by atoms with Gasteiger partial charge < -0.3 is 9.47 Å². The predicted molar refractivity (Wildman–Crippen MR) is 48.5 cm³/mol. The van der Waals surface area contributed by atoms with Crippen LogP contribution in [0.2, 0.25) is 0 Å². The number of hydrogen-bond acceptors (Lipinski definition) is 2. The van der Waals surface area contributed by atoms with Crippen LogP contribution in [-0.2, 0) is 9.47 Å². The Balaban J connectivity index is 2.51. The van der Waals surface area contributed by atoms with Crippen molar-refractivity contribution in [3.05, 3.63) is 37.8 Å². The molecule has 0 radical (unpaired) electrons. The highest BCUT2D eigenvalue weighted by Gasteiger charge is 2.30. The van der Waals surface area contributed by atoms with Crippen LogP contribution in [0, 0.1) is 0 Å². The van der Waals surface area contributed by atoms with Crippen LogP contribution in [0.1, 0.15) is 12.8 Å². The molecule has 0 N–H and O–H groups in total.